The fourth-order valence-corrected chi connectivity index (χ4v) is 3.34. The van der Waals surface area contributed by atoms with Crippen LogP contribution in [0.4, 0.5) is 0 Å². The second-order valence-electron chi connectivity index (χ2n) is 5.12. The second kappa shape index (κ2) is 5.90. The van der Waals surface area contributed by atoms with E-state index in [2.05, 4.69) is 0 Å². The Morgan fingerprint density at radius 3 is 2.60 bits per heavy atom. The van der Waals surface area contributed by atoms with E-state index in [1.54, 1.807) is 12.1 Å². The van der Waals surface area contributed by atoms with Crippen molar-refractivity contribution in [1.82, 2.24) is 4.90 Å². The van der Waals surface area contributed by atoms with E-state index in [1.807, 2.05) is 18.2 Å². The maximum atomic E-state index is 11.8. The molecule has 0 aromatic heterocycles. The topological polar surface area (TPSA) is 101 Å². The predicted molar refractivity (Wildman–Crippen MR) is 74.1 cm³/mol. The number of carbonyl (C=O) groups is 1. The van der Waals surface area contributed by atoms with Crippen molar-refractivity contribution >= 4 is 15.9 Å². The van der Waals surface area contributed by atoms with Crippen LogP contribution in [0.5, 0.6) is 0 Å². The minimum absolute atomic E-state index is 0.145. The van der Waals surface area contributed by atoms with Gasteiger partial charge in [0.25, 0.3) is 0 Å². The standard InChI is InChI=1S/C13H18N2O4S/c14-20(18,19)9-10-6-13(17)15(7-10)8-12(16)11-4-2-1-3-5-11/h1-5,10,12,16H,6-9H2,(H2,14,18,19). The van der Waals surface area contributed by atoms with Gasteiger partial charge in [-0.15, -0.1) is 0 Å². The number of aliphatic hydroxyl groups excluding tert-OH is 1. The normalized spacial score (nSPS) is 21.2. The number of carbonyl (C=O) groups excluding carboxylic acids is 1. The van der Waals surface area contributed by atoms with Crippen LogP contribution in [0, 0.1) is 5.92 Å². The summed E-state index contributed by atoms with van der Waals surface area (Å²) in [6.07, 6.45) is -0.605. The number of hydrogen-bond acceptors (Lipinski definition) is 4. The van der Waals surface area contributed by atoms with Crippen LogP contribution >= 0.6 is 0 Å². The van der Waals surface area contributed by atoms with Crippen LogP contribution in [0.3, 0.4) is 0 Å². The molecule has 0 bridgehead atoms. The zero-order chi connectivity index (χ0) is 14.8. The zero-order valence-corrected chi connectivity index (χ0v) is 11.8. The fourth-order valence-electron chi connectivity index (χ4n) is 2.46. The van der Waals surface area contributed by atoms with Gasteiger partial charge in [0.05, 0.1) is 18.4 Å². The maximum absolute atomic E-state index is 11.8. The molecule has 1 aliphatic heterocycles. The van der Waals surface area contributed by atoms with E-state index in [9.17, 15) is 18.3 Å². The van der Waals surface area contributed by atoms with Gasteiger partial charge in [-0.25, -0.2) is 13.6 Å². The number of benzene rings is 1. The van der Waals surface area contributed by atoms with E-state index in [0.717, 1.165) is 5.56 Å². The number of hydrogen-bond donors (Lipinski definition) is 2. The van der Waals surface area contributed by atoms with Gasteiger partial charge in [-0.05, 0) is 5.56 Å². The summed E-state index contributed by atoms with van der Waals surface area (Å²) in [5.74, 6) is -0.634. The minimum Gasteiger partial charge on any atom is -0.387 e. The number of sulfonamides is 1. The van der Waals surface area contributed by atoms with Crippen molar-refractivity contribution in [3.63, 3.8) is 0 Å². The molecule has 0 aliphatic carbocycles. The Kier molecular flexibility index (Phi) is 4.42. The van der Waals surface area contributed by atoms with Crippen molar-refractivity contribution in [3.05, 3.63) is 35.9 Å². The summed E-state index contributed by atoms with van der Waals surface area (Å²) in [4.78, 5) is 13.3. The van der Waals surface area contributed by atoms with Crippen LogP contribution in [0.25, 0.3) is 0 Å². The van der Waals surface area contributed by atoms with Crippen LogP contribution in [-0.2, 0) is 14.8 Å². The Morgan fingerprint density at radius 1 is 1.35 bits per heavy atom. The van der Waals surface area contributed by atoms with Crippen molar-refractivity contribution in [2.75, 3.05) is 18.8 Å². The highest BCUT2D eigenvalue weighted by Crippen LogP contribution is 2.22. The largest absolute Gasteiger partial charge is 0.387 e. The van der Waals surface area contributed by atoms with E-state index in [-0.39, 0.29) is 30.5 Å². The monoisotopic (exact) mass is 298 g/mol. The van der Waals surface area contributed by atoms with Gasteiger partial charge in [0.2, 0.25) is 15.9 Å². The molecule has 1 aliphatic rings. The Morgan fingerprint density at radius 2 is 2.00 bits per heavy atom. The quantitative estimate of drug-likeness (QED) is 0.790. The van der Waals surface area contributed by atoms with Crippen LogP contribution in [0.2, 0.25) is 0 Å². The van der Waals surface area contributed by atoms with E-state index in [4.69, 9.17) is 5.14 Å². The third-order valence-electron chi connectivity index (χ3n) is 3.34. The van der Waals surface area contributed by atoms with Crippen LogP contribution < -0.4 is 5.14 Å². The molecule has 20 heavy (non-hydrogen) atoms. The highest BCUT2D eigenvalue weighted by Gasteiger charge is 2.32. The third kappa shape index (κ3) is 4.03. The van der Waals surface area contributed by atoms with E-state index in [0.29, 0.717) is 6.54 Å². The number of aliphatic hydroxyl groups is 1. The first-order valence-electron chi connectivity index (χ1n) is 6.36. The first kappa shape index (κ1) is 15.0. The predicted octanol–water partition coefficient (Wildman–Crippen LogP) is -0.143. The molecule has 7 heteroatoms. The van der Waals surface area contributed by atoms with Gasteiger partial charge in [-0.1, -0.05) is 30.3 Å². The summed E-state index contributed by atoms with van der Waals surface area (Å²) in [5.41, 5.74) is 0.732. The average Bonchev–Trinajstić information content (AvgIpc) is 2.68. The maximum Gasteiger partial charge on any atom is 0.223 e. The zero-order valence-electron chi connectivity index (χ0n) is 11.0. The molecule has 1 amide bonds. The smallest absolute Gasteiger partial charge is 0.223 e. The molecular weight excluding hydrogens is 280 g/mol. The molecule has 110 valence electrons. The minimum atomic E-state index is -3.58. The molecule has 2 unspecified atom stereocenters. The van der Waals surface area contributed by atoms with Gasteiger partial charge < -0.3 is 10.0 Å². The lowest BCUT2D eigenvalue weighted by Gasteiger charge is -2.20. The Balaban J connectivity index is 1.95. The van der Waals surface area contributed by atoms with Gasteiger partial charge in [0.1, 0.15) is 0 Å². The highest BCUT2D eigenvalue weighted by atomic mass is 32.2. The number of amides is 1. The van der Waals surface area contributed by atoms with Crippen molar-refractivity contribution in [2.24, 2.45) is 11.1 Å². The Labute approximate surface area is 118 Å². The lowest BCUT2D eigenvalue weighted by atomic mass is 10.1. The summed E-state index contributed by atoms with van der Waals surface area (Å²) >= 11 is 0. The number of β-amino-alcohol motifs (C(OH)–C–C–N with tert-alkyl or cyclic N) is 1. The van der Waals surface area contributed by atoms with Crippen molar-refractivity contribution in [3.8, 4) is 0 Å². The molecule has 0 spiro atoms. The fraction of sp³-hybridized carbons (Fsp3) is 0.462. The molecular formula is C13H18N2O4S. The average molecular weight is 298 g/mol. The molecule has 1 aromatic carbocycles. The number of rotatable bonds is 5. The van der Waals surface area contributed by atoms with Crippen LogP contribution in [0.1, 0.15) is 18.1 Å². The lowest BCUT2D eigenvalue weighted by Crippen LogP contribution is -2.31. The summed E-state index contributed by atoms with van der Waals surface area (Å²) in [5, 5.41) is 15.1. The Hall–Kier alpha value is -1.44. The van der Waals surface area contributed by atoms with Crippen LogP contribution in [0.15, 0.2) is 30.3 Å². The molecule has 1 saturated heterocycles. The summed E-state index contributed by atoms with van der Waals surface area (Å²) in [7, 11) is -3.58. The van der Waals surface area contributed by atoms with E-state index >= 15 is 0 Å². The highest BCUT2D eigenvalue weighted by molar-refractivity contribution is 7.89. The summed E-state index contributed by atoms with van der Waals surface area (Å²) in [6, 6.07) is 9.04. The molecule has 3 N–H and O–H groups in total. The first-order valence-corrected chi connectivity index (χ1v) is 8.08. The number of primary sulfonamides is 1. The molecule has 1 heterocycles. The molecule has 1 aromatic rings. The van der Waals surface area contributed by atoms with Gasteiger partial charge in [0, 0.05) is 18.9 Å². The first-order chi connectivity index (χ1) is 9.35. The van der Waals surface area contributed by atoms with Crippen LogP contribution in [-0.4, -0.2) is 43.2 Å². The third-order valence-corrected chi connectivity index (χ3v) is 4.28. The SMILES string of the molecule is NS(=O)(=O)CC1CC(=O)N(CC(O)c2ccccc2)C1. The van der Waals surface area contributed by atoms with Gasteiger partial charge in [-0.3, -0.25) is 4.79 Å². The summed E-state index contributed by atoms with van der Waals surface area (Å²) in [6.45, 7) is 0.489. The molecule has 0 radical (unpaired) electrons. The van der Waals surface area contributed by atoms with Gasteiger partial charge in [-0.2, -0.15) is 0 Å². The summed E-state index contributed by atoms with van der Waals surface area (Å²) < 4.78 is 22.1. The molecule has 1 fully saturated rings. The molecule has 0 saturated carbocycles. The lowest BCUT2D eigenvalue weighted by molar-refractivity contribution is -0.128. The second-order valence-corrected chi connectivity index (χ2v) is 6.78. The van der Waals surface area contributed by atoms with Crippen molar-refractivity contribution < 1.29 is 18.3 Å². The molecule has 6 nitrogen and oxygen atoms in total. The number of likely N-dealkylation sites (tertiary alicyclic amines) is 1. The van der Waals surface area contributed by atoms with Crippen molar-refractivity contribution in [1.29, 1.82) is 0 Å². The Bertz CT molecular complexity index is 573. The van der Waals surface area contributed by atoms with Crippen molar-refractivity contribution in [2.45, 2.75) is 12.5 Å². The van der Waals surface area contributed by atoms with Gasteiger partial charge in [0.15, 0.2) is 0 Å². The number of nitrogens with zero attached hydrogens (tertiary/aromatic N) is 1. The van der Waals surface area contributed by atoms with E-state index < -0.39 is 16.1 Å². The van der Waals surface area contributed by atoms with E-state index in [1.165, 1.54) is 4.90 Å². The molecule has 2 atom stereocenters. The number of nitrogens with two attached hydrogens (primary N) is 1. The van der Waals surface area contributed by atoms with Gasteiger partial charge >= 0.3 is 0 Å². The molecule has 2 rings (SSSR count).